The smallest absolute Gasteiger partial charge is 0.326 e. The molecule has 4 N–H and O–H groups in total. The Morgan fingerprint density at radius 2 is 2.20 bits per heavy atom. The van der Waals surface area contributed by atoms with Gasteiger partial charge in [-0.25, -0.2) is 14.6 Å². The summed E-state index contributed by atoms with van der Waals surface area (Å²) < 4.78 is 4.90. The Kier molecular flexibility index (Phi) is 6.24. The summed E-state index contributed by atoms with van der Waals surface area (Å²) in [6, 6.07) is 1.64. The highest BCUT2D eigenvalue weighted by atomic mass is 16.5. The average molecular weight is 283 g/mol. The number of carbonyl (C=O) groups is 2. The number of nitrogens with zero attached hydrogens (tertiary/aromatic N) is 1. The summed E-state index contributed by atoms with van der Waals surface area (Å²) in [7, 11) is 1.50. The molecule has 0 saturated heterocycles. The fraction of sp³-hybridized carbons (Fsp3) is 0.417. The lowest BCUT2D eigenvalue weighted by Crippen LogP contribution is -2.46. The van der Waals surface area contributed by atoms with Crippen molar-refractivity contribution in [1.29, 1.82) is 0 Å². The van der Waals surface area contributed by atoms with Gasteiger partial charge in [-0.1, -0.05) is 6.07 Å². The Hall–Kier alpha value is -2.35. The molecule has 0 spiro atoms. The number of rotatable bonds is 7. The molecule has 1 aromatic rings. The van der Waals surface area contributed by atoms with Crippen LogP contribution in [-0.4, -0.2) is 47.0 Å². The number of amides is 2. The number of aliphatic hydroxyl groups is 1. The maximum Gasteiger partial charge on any atom is 0.326 e. The van der Waals surface area contributed by atoms with Gasteiger partial charge in [0.25, 0.3) is 0 Å². The maximum atomic E-state index is 11.5. The lowest BCUT2D eigenvalue weighted by molar-refractivity contribution is -0.139. The summed E-state index contributed by atoms with van der Waals surface area (Å²) in [5.41, 5.74) is 0.745. The van der Waals surface area contributed by atoms with Gasteiger partial charge in [-0.05, 0) is 5.56 Å². The van der Waals surface area contributed by atoms with Crippen molar-refractivity contribution in [3.8, 4) is 5.88 Å². The van der Waals surface area contributed by atoms with Crippen molar-refractivity contribution >= 4 is 12.0 Å². The number of nitrogens with one attached hydrogen (secondary N) is 2. The van der Waals surface area contributed by atoms with E-state index in [0.717, 1.165) is 5.56 Å². The molecule has 2 amide bonds. The Morgan fingerprint density at radius 3 is 2.70 bits per heavy atom. The summed E-state index contributed by atoms with van der Waals surface area (Å²) in [4.78, 5) is 26.3. The zero-order valence-electron chi connectivity index (χ0n) is 11.0. The molecule has 0 aliphatic rings. The molecule has 1 aromatic heterocycles. The first kappa shape index (κ1) is 15.7. The van der Waals surface area contributed by atoms with Crippen molar-refractivity contribution in [2.24, 2.45) is 0 Å². The fourth-order valence-electron chi connectivity index (χ4n) is 1.41. The van der Waals surface area contributed by atoms with Crippen molar-refractivity contribution < 1.29 is 24.5 Å². The van der Waals surface area contributed by atoms with Gasteiger partial charge in [-0.3, -0.25) is 0 Å². The topological polar surface area (TPSA) is 121 Å². The van der Waals surface area contributed by atoms with Crippen LogP contribution in [0.3, 0.4) is 0 Å². The molecule has 8 nitrogen and oxygen atoms in total. The van der Waals surface area contributed by atoms with Crippen LogP contribution in [0.25, 0.3) is 0 Å². The van der Waals surface area contributed by atoms with Crippen LogP contribution in [0.4, 0.5) is 4.79 Å². The summed E-state index contributed by atoms with van der Waals surface area (Å²) in [5.74, 6) is -0.729. The molecule has 8 heteroatoms. The quantitative estimate of drug-likeness (QED) is 0.546. The molecule has 1 rings (SSSR count). The number of hydrogen-bond acceptors (Lipinski definition) is 5. The average Bonchev–Trinajstić information content (AvgIpc) is 2.45. The first-order valence-corrected chi connectivity index (χ1v) is 5.93. The van der Waals surface area contributed by atoms with E-state index in [1.54, 1.807) is 18.3 Å². The normalized spacial score (nSPS) is 11.5. The van der Waals surface area contributed by atoms with E-state index < -0.39 is 18.0 Å². The molecule has 1 heterocycles. The molecule has 1 unspecified atom stereocenters. The van der Waals surface area contributed by atoms with Gasteiger partial charge in [-0.15, -0.1) is 0 Å². The summed E-state index contributed by atoms with van der Waals surface area (Å²) in [6.07, 6.45) is 1.49. The summed E-state index contributed by atoms with van der Waals surface area (Å²) >= 11 is 0. The van der Waals surface area contributed by atoms with Gasteiger partial charge in [-0.2, -0.15) is 0 Å². The molecule has 0 radical (unpaired) electrons. The number of aliphatic hydroxyl groups excluding tert-OH is 1. The number of carbonyl (C=O) groups excluding carboxylic acids is 1. The van der Waals surface area contributed by atoms with E-state index in [1.165, 1.54) is 7.11 Å². The Bertz CT molecular complexity index is 449. The van der Waals surface area contributed by atoms with Crippen molar-refractivity contribution in [2.75, 3.05) is 13.7 Å². The lowest BCUT2D eigenvalue weighted by atomic mass is 10.2. The van der Waals surface area contributed by atoms with E-state index >= 15 is 0 Å². The monoisotopic (exact) mass is 283 g/mol. The fourth-order valence-corrected chi connectivity index (χ4v) is 1.41. The van der Waals surface area contributed by atoms with Gasteiger partial charge >= 0.3 is 12.0 Å². The molecule has 110 valence electrons. The van der Waals surface area contributed by atoms with E-state index in [4.69, 9.17) is 14.9 Å². The molecule has 0 saturated carbocycles. The number of methoxy groups -OCH3 is 1. The molecule has 0 aliphatic heterocycles. The number of aliphatic carboxylic acids is 1. The molecule has 20 heavy (non-hydrogen) atoms. The van der Waals surface area contributed by atoms with Gasteiger partial charge in [0.15, 0.2) is 0 Å². The number of aromatic nitrogens is 1. The predicted octanol–water partition coefficient (Wildman–Crippen LogP) is -0.275. The minimum absolute atomic E-state index is 0.0488. The van der Waals surface area contributed by atoms with Crippen LogP contribution < -0.4 is 15.4 Å². The highest BCUT2D eigenvalue weighted by Crippen LogP contribution is 2.06. The van der Waals surface area contributed by atoms with Gasteiger partial charge in [0.05, 0.1) is 7.11 Å². The third kappa shape index (κ3) is 5.11. The van der Waals surface area contributed by atoms with E-state index in [9.17, 15) is 9.59 Å². The van der Waals surface area contributed by atoms with Crippen molar-refractivity contribution in [2.45, 2.75) is 19.0 Å². The third-order valence-electron chi connectivity index (χ3n) is 2.48. The largest absolute Gasteiger partial charge is 0.481 e. The van der Waals surface area contributed by atoms with Crippen molar-refractivity contribution in [3.63, 3.8) is 0 Å². The molecule has 0 aromatic carbocycles. The number of hydrogen-bond donors (Lipinski definition) is 4. The van der Waals surface area contributed by atoms with Gasteiger partial charge in [0.1, 0.15) is 6.04 Å². The first-order valence-electron chi connectivity index (χ1n) is 5.93. The maximum absolute atomic E-state index is 11.5. The zero-order chi connectivity index (χ0) is 15.0. The number of carboxylic acids is 1. The summed E-state index contributed by atoms with van der Waals surface area (Å²) in [5, 5.41) is 22.3. The van der Waals surface area contributed by atoms with Crippen molar-refractivity contribution in [3.05, 3.63) is 23.9 Å². The van der Waals surface area contributed by atoms with Crippen LogP contribution in [0.2, 0.25) is 0 Å². The van der Waals surface area contributed by atoms with Gasteiger partial charge in [0, 0.05) is 31.8 Å². The standard InChI is InChI=1S/C12H17N3O5/c1-20-10-3-2-8(6-13-10)7-14-12(19)15-9(4-5-16)11(17)18/h2-3,6,9,16H,4-5,7H2,1H3,(H,17,18)(H2,14,15,19). The lowest BCUT2D eigenvalue weighted by Gasteiger charge is -2.14. The van der Waals surface area contributed by atoms with E-state index in [2.05, 4.69) is 15.6 Å². The Morgan fingerprint density at radius 1 is 1.45 bits per heavy atom. The molecule has 0 fully saturated rings. The minimum Gasteiger partial charge on any atom is -0.481 e. The second-order valence-corrected chi connectivity index (χ2v) is 3.94. The summed E-state index contributed by atoms with van der Waals surface area (Å²) in [6.45, 7) is -0.117. The number of pyridine rings is 1. The van der Waals surface area contributed by atoms with Crippen LogP contribution in [-0.2, 0) is 11.3 Å². The van der Waals surface area contributed by atoms with Crippen LogP contribution >= 0.6 is 0 Å². The molecule has 0 aliphatic carbocycles. The van der Waals surface area contributed by atoms with E-state index in [1.807, 2.05) is 0 Å². The van der Waals surface area contributed by atoms with Crippen LogP contribution in [0.5, 0.6) is 5.88 Å². The van der Waals surface area contributed by atoms with Gasteiger partial charge < -0.3 is 25.6 Å². The number of urea groups is 1. The molecular weight excluding hydrogens is 266 g/mol. The first-order chi connectivity index (χ1) is 9.56. The third-order valence-corrected chi connectivity index (χ3v) is 2.48. The van der Waals surface area contributed by atoms with E-state index in [0.29, 0.717) is 5.88 Å². The number of ether oxygens (including phenoxy) is 1. The Balaban J connectivity index is 2.43. The zero-order valence-corrected chi connectivity index (χ0v) is 11.0. The predicted molar refractivity (Wildman–Crippen MR) is 69.3 cm³/mol. The second-order valence-electron chi connectivity index (χ2n) is 3.94. The SMILES string of the molecule is COc1ccc(CNC(=O)NC(CCO)C(=O)O)cn1. The van der Waals surface area contributed by atoms with Gasteiger partial charge in [0.2, 0.25) is 5.88 Å². The number of carboxylic acid groups (broad SMARTS) is 1. The highest BCUT2D eigenvalue weighted by molar-refractivity contribution is 5.82. The molecule has 1 atom stereocenters. The minimum atomic E-state index is -1.19. The van der Waals surface area contributed by atoms with Crippen molar-refractivity contribution in [1.82, 2.24) is 15.6 Å². The molecule has 0 bridgehead atoms. The van der Waals surface area contributed by atoms with Crippen LogP contribution in [0, 0.1) is 0 Å². The van der Waals surface area contributed by atoms with Crippen LogP contribution in [0.1, 0.15) is 12.0 Å². The second kappa shape index (κ2) is 7.95. The van der Waals surface area contributed by atoms with Crippen LogP contribution in [0.15, 0.2) is 18.3 Å². The Labute approximate surface area is 115 Å². The van der Waals surface area contributed by atoms with E-state index in [-0.39, 0.29) is 19.6 Å². The highest BCUT2D eigenvalue weighted by Gasteiger charge is 2.18. The molecular formula is C12H17N3O5.